The van der Waals surface area contributed by atoms with Gasteiger partial charge in [0, 0.05) is 49.3 Å². The Morgan fingerprint density at radius 1 is 1.23 bits per heavy atom. The summed E-state index contributed by atoms with van der Waals surface area (Å²) in [4.78, 5) is 9.12. The Bertz CT molecular complexity index is 606. The lowest BCUT2D eigenvalue weighted by Crippen LogP contribution is -2.23. The van der Waals surface area contributed by atoms with Crippen LogP contribution in [0.3, 0.4) is 0 Å². The molecular formula is C18H27N3O. The molecule has 4 heteroatoms. The van der Waals surface area contributed by atoms with Gasteiger partial charge in [-0.3, -0.25) is 4.98 Å². The van der Waals surface area contributed by atoms with E-state index < -0.39 is 0 Å². The van der Waals surface area contributed by atoms with Crippen LogP contribution in [0.4, 0.5) is 0 Å². The molecule has 0 saturated carbocycles. The number of imidazole rings is 1. The van der Waals surface area contributed by atoms with Crippen molar-refractivity contribution in [2.45, 2.75) is 52.5 Å². The molecule has 0 amide bonds. The van der Waals surface area contributed by atoms with Crippen LogP contribution in [0.25, 0.3) is 0 Å². The minimum absolute atomic E-state index is 0.280. The Morgan fingerprint density at radius 2 is 2.00 bits per heavy atom. The molecule has 0 bridgehead atoms. The first kappa shape index (κ1) is 16.7. The molecule has 0 aliphatic carbocycles. The SMILES string of the molecule is CCc1nccn1C(CC)C(COC)c1ccc(C)nc1C. The van der Waals surface area contributed by atoms with E-state index in [1.807, 2.05) is 13.1 Å². The highest BCUT2D eigenvalue weighted by atomic mass is 16.5. The van der Waals surface area contributed by atoms with Gasteiger partial charge in [0.25, 0.3) is 0 Å². The molecule has 0 aliphatic heterocycles. The van der Waals surface area contributed by atoms with Gasteiger partial charge in [-0.15, -0.1) is 0 Å². The van der Waals surface area contributed by atoms with Gasteiger partial charge in [-0.25, -0.2) is 4.98 Å². The van der Waals surface area contributed by atoms with Crippen molar-refractivity contribution in [3.05, 3.63) is 47.3 Å². The highest BCUT2D eigenvalue weighted by Crippen LogP contribution is 2.34. The molecule has 2 heterocycles. The first-order valence-corrected chi connectivity index (χ1v) is 8.07. The summed E-state index contributed by atoms with van der Waals surface area (Å²) < 4.78 is 7.84. The number of aromatic nitrogens is 3. The third-order valence-electron chi connectivity index (χ3n) is 4.32. The molecule has 0 saturated heterocycles. The highest BCUT2D eigenvalue weighted by Gasteiger charge is 2.26. The summed E-state index contributed by atoms with van der Waals surface area (Å²) in [6.07, 6.45) is 5.96. The number of hydrogen-bond acceptors (Lipinski definition) is 3. The third kappa shape index (κ3) is 3.38. The first-order valence-electron chi connectivity index (χ1n) is 8.07. The maximum absolute atomic E-state index is 5.54. The van der Waals surface area contributed by atoms with E-state index >= 15 is 0 Å². The summed E-state index contributed by atoms with van der Waals surface area (Å²) in [5.41, 5.74) is 3.43. The minimum atomic E-state index is 0.280. The fourth-order valence-electron chi connectivity index (χ4n) is 3.27. The first-order chi connectivity index (χ1) is 10.6. The van der Waals surface area contributed by atoms with E-state index in [1.54, 1.807) is 7.11 Å². The van der Waals surface area contributed by atoms with Crippen molar-refractivity contribution in [2.75, 3.05) is 13.7 Å². The summed E-state index contributed by atoms with van der Waals surface area (Å²) in [6.45, 7) is 9.18. The van der Waals surface area contributed by atoms with Crippen LogP contribution in [0, 0.1) is 13.8 Å². The van der Waals surface area contributed by atoms with E-state index in [-0.39, 0.29) is 5.92 Å². The van der Waals surface area contributed by atoms with Crippen LogP contribution in [-0.2, 0) is 11.2 Å². The summed E-state index contributed by atoms with van der Waals surface area (Å²) in [5, 5.41) is 0. The second kappa shape index (κ2) is 7.54. The lowest BCUT2D eigenvalue weighted by atomic mass is 9.89. The predicted molar refractivity (Wildman–Crippen MR) is 89.3 cm³/mol. The van der Waals surface area contributed by atoms with Gasteiger partial charge in [-0.05, 0) is 31.9 Å². The van der Waals surface area contributed by atoms with Gasteiger partial charge in [0.15, 0.2) is 0 Å². The molecule has 22 heavy (non-hydrogen) atoms. The highest BCUT2D eigenvalue weighted by molar-refractivity contribution is 5.27. The monoisotopic (exact) mass is 301 g/mol. The van der Waals surface area contributed by atoms with Crippen LogP contribution in [0.5, 0.6) is 0 Å². The fraction of sp³-hybridized carbons (Fsp3) is 0.556. The molecule has 120 valence electrons. The Balaban J connectivity index is 2.44. The number of aryl methyl sites for hydroxylation is 3. The van der Waals surface area contributed by atoms with E-state index in [0.29, 0.717) is 12.6 Å². The standard InChI is InChI=1S/C18H27N3O/c1-6-17(21-11-10-19-18(21)7-2)16(12-22-5)15-9-8-13(3)20-14(15)4/h8-11,16-17H,6-7,12H2,1-5H3. The second-order valence-corrected chi connectivity index (χ2v) is 5.77. The summed E-state index contributed by atoms with van der Waals surface area (Å²) >= 11 is 0. The third-order valence-corrected chi connectivity index (χ3v) is 4.32. The van der Waals surface area contributed by atoms with Crippen molar-refractivity contribution in [3.63, 3.8) is 0 Å². The molecular weight excluding hydrogens is 274 g/mol. The molecule has 2 aromatic heterocycles. The topological polar surface area (TPSA) is 39.9 Å². The average Bonchev–Trinajstić information content (AvgIpc) is 2.96. The van der Waals surface area contributed by atoms with Crippen LogP contribution >= 0.6 is 0 Å². The number of hydrogen-bond donors (Lipinski definition) is 0. The number of rotatable bonds is 7. The van der Waals surface area contributed by atoms with E-state index in [2.05, 4.69) is 53.6 Å². The summed E-state index contributed by atoms with van der Waals surface area (Å²) in [5.74, 6) is 1.41. The Labute approximate surface area is 133 Å². The molecule has 0 aliphatic rings. The van der Waals surface area contributed by atoms with Gasteiger partial charge in [-0.1, -0.05) is 19.9 Å². The Hall–Kier alpha value is -1.68. The van der Waals surface area contributed by atoms with Crippen molar-refractivity contribution in [2.24, 2.45) is 0 Å². The molecule has 0 aromatic carbocycles. The van der Waals surface area contributed by atoms with Gasteiger partial charge in [0.1, 0.15) is 5.82 Å². The molecule has 2 aromatic rings. The van der Waals surface area contributed by atoms with Crippen LogP contribution in [-0.4, -0.2) is 28.3 Å². The molecule has 2 rings (SSSR count). The van der Waals surface area contributed by atoms with E-state index in [1.165, 1.54) is 5.56 Å². The quantitative estimate of drug-likeness (QED) is 0.780. The second-order valence-electron chi connectivity index (χ2n) is 5.77. The molecule has 4 nitrogen and oxygen atoms in total. The number of methoxy groups -OCH3 is 1. The van der Waals surface area contributed by atoms with Crippen LogP contribution in [0.15, 0.2) is 24.5 Å². The maximum Gasteiger partial charge on any atom is 0.108 e. The Morgan fingerprint density at radius 3 is 2.59 bits per heavy atom. The van der Waals surface area contributed by atoms with E-state index in [0.717, 1.165) is 30.1 Å². The zero-order valence-corrected chi connectivity index (χ0v) is 14.3. The van der Waals surface area contributed by atoms with E-state index in [4.69, 9.17) is 4.74 Å². The smallest absolute Gasteiger partial charge is 0.108 e. The summed E-state index contributed by atoms with van der Waals surface area (Å²) in [7, 11) is 1.77. The molecule has 2 unspecified atom stereocenters. The van der Waals surface area contributed by atoms with Gasteiger partial charge >= 0.3 is 0 Å². The van der Waals surface area contributed by atoms with Gasteiger partial charge in [0.2, 0.25) is 0 Å². The average molecular weight is 301 g/mol. The molecule has 2 atom stereocenters. The zero-order valence-electron chi connectivity index (χ0n) is 14.3. The van der Waals surface area contributed by atoms with Crippen molar-refractivity contribution in [3.8, 4) is 0 Å². The minimum Gasteiger partial charge on any atom is -0.384 e. The lowest BCUT2D eigenvalue weighted by Gasteiger charge is -2.29. The summed E-state index contributed by atoms with van der Waals surface area (Å²) in [6, 6.07) is 4.62. The van der Waals surface area contributed by atoms with Crippen molar-refractivity contribution in [1.29, 1.82) is 0 Å². The van der Waals surface area contributed by atoms with Gasteiger partial charge in [-0.2, -0.15) is 0 Å². The van der Waals surface area contributed by atoms with Crippen molar-refractivity contribution in [1.82, 2.24) is 14.5 Å². The number of pyridine rings is 1. The molecule has 0 N–H and O–H groups in total. The molecule has 0 radical (unpaired) electrons. The predicted octanol–water partition coefficient (Wildman–Crippen LogP) is 3.84. The van der Waals surface area contributed by atoms with Crippen LogP contribution in [0.2, 0.25) is 0 Å². The normalized spacial score (nSPS) is 14.0. The number of ether oxygens (including phenoxy) is 1. The Kier molecular flexibility index (Phi) is 5.72. The molecule has 0 fully saturated rings. The molecule has 0 spiro atoms. The fourth-order valence-corrected chi connectivity index (χ4v) is 3.27. The van der Waals surface area contributed by atoms with Gasteiger partial charge in [0.05, 0.1) is 6.61 Å². The van der Waals surface area contributed by atoms with E-state index in [9.17, 15) is 0 Å². The van der Waals surface area contributed by atoms with Gasteiger partial charge < -0.3 is 9.30 Å². The maximum atomic E-state index is 5.54. The van der Waals surface area contributed by atoms with Crippen LogP contribution < -0.4 is 0 Å². The van der Waals surface area contributed by atoms with Crippen molar-refractivity contribution < 1.29 is 4.74 Å². The van der Waals surface area contributed by atoms with Crippen LogP contribution in [0.1, 0.15) is 55.0 Å². The largest absolute Gasteiger partial charge is 0.384 e. The zero-order chi connectivity index (χ0) is 16.1. The lowest BCUT2D eigenvalue weighted by molar-refractivity contribution is 0.154. The van der Waals surface area contributed by atoms with Crippen molar-refractivity contribution >= 4 is 0 Å². The number of nitrogens with zero attached hydrogens (tertiary/aromatic N) is 3.